The maximum absolute atomic E-state index is 14.1. The second kappa shape index (κ2) is 12.3. The predicted molar refractivity (Wildman–Crippen MR) is 150 cm³/mol. The lowest BCUT2D eigenvalue weighted by molar-refractivity contribution is -0.159. The molecule has 2 aliphatic rings. The Morgan fingerprint density at radius 3 is 2.41 bits per heavy atom. The summed E-state index contributed by atoms with van der Waals surface area (Å²) in [5.74, 6) is -1.88. The Morgan fingerprint density at radius 2 is 1.85 bits per heavy atom. The molecule has 11 heteroatoms. The number of hydrogen-bond donors (Lipinski definition) is 2. The van der Waals surface area contributed by atoms with Gasteiger partial charge in [-0.1, -0.05) is 54.9 Å². The normalized spacial score (nSPS) is 25.3. The maximum atomic E-state index is 14.1. The Kier molecular flexibility index (Phi) is 9.40. The Labute approximate surface area is 246 Å². The van der Waals surface area contributed by atoms with Gasteiger partial charge in [-0.3, -0.25) is 4.79 Å². The zero-order chi connectivity index (χ0) is 30.1. The number of halogens is 4. The van der Waals surface area contributed by atoms with E-state index >= 15 is 0 Å². The molecule has 2 aromatic carbocycles. The number of methoxy groups -OCH3 is 1. The third-order valence-electron chi connectivity index (χ3n) is 7.99. The van der Waals surface area contributed by atoms with Crippen LogP contribution in [0.5, 0.6) is 5.75 Å². The molecule has 0 aromatic heterocycles. The average Bonchev–Trinajstić information content (AvgIpc) is 3.27. The standard InChI is InChI=1S/C30H36BrF3N2O5/c1-29(2,3)23-24(35-16-17-15-18(30(32,33)34)12-13-21(17)40-4)25(19-9-5-6-10-20(19)31)36(26(23)28(38)39)27(37)22-11-7-8-14-41-22/h5-6,9-10,12-13,15,22-26,35H,7-8,11,14,16H2,1-4H3,(H,38,39)/t22-,23-,24-,25-,26-/m0/s1. The lowest BCUT2D eigenvalue weighted by Crippen LogP contribution is -2.51. The van der Waals surface area contributed by atoms with Crippen molar-refractivity contribution in [2.24, 2.45) is 11.3 Å². The topological polar surface area (TPSA) is 88.1 Å². The molecule has 224 valence electrons. The smallest absolute Gasteiger partial charge is 0.416 e. The van der Waals surface area contributed by atoms with E-state index in [0.29, 0.717) is 23.1 Å². The van der Waals surface area contributed by atoms with Crippen molar-refractivity contribution in [2.75, 3.05) is 13.7 Å². The van der Waals surface area contributed by atoms with Crippen LogP contribution in [0.4, 0.5) is 13.2 Å². The molecular weight excluding hydrogens is 605 g/mol. The van der Waals surface area contributed by atoms with Gasteiger partial charge in [-0.2, -0.15) is 13.2 Å². The van der Waals surface area contributed by atoms with Gasteiger partial charge < -0.3 is 24.8 Å². The summed E-state index contributed by atoms with van der Waals surface area (Å²) in [5, 5.41) is 14.0. The number of alkyl halides is 3. The lowest BCUT2D eigenvalue weighted by atomic mass is 9.72. The van der Waals surface area contributed by atoms with Crippen LogP contribution >= 0.6 is 15.9 Å². The minimum atomic E-state index is -4.54. The van der Waals surface area contributed by atoms with Gasteiger partial charge in [-0.15, -0.1) is 0 Å². The van der Waals surface area contributed by atoms with Crippen molar-refractivity contribution in [3.63, 3.8) is 0 Å². The summed E-state index contributed by atoms with van der Waals surface area (Å²) in [6, 6.07) is 7.98. The van der Waals surface area contributed by atoms with Crippen LogP contribution < -0.4 is 10.1 Å². The first-order chi connectivity index (χ1) is 19.3. The van der Waals surface area contributed by atoms with Gasteiger partial charge >= 0.3 is 12.1 Å². The van der Waals surface area contributed by atoms with Gasteiger partial charge in [0.25, 0.3) is 5.91 Å². The van der Waals surface area contributed by atoms with Crippen LogP contribution in [0.25, 0.3) is 0 Å². The predicted octanol–water partition coefficient (Wildman–Crippen LogP) is 6.20. The number of likely N-dealkylation sites (tertiary alicyclic amines) is 1. The highest BCUT2D eigenvalue weighted by atomic mass is 79.9. The summed E-state index contributed by atoms with van der Waals surface area (Å²) < 4.78 is 52.5. The molecule has 0 aliphatic carbocycles. The Hall–Kier alpha value is -2.63. The van der Waals surface area contributed by atoms with Gasteiger partial charge in [0.2, 0.25) is 0 Å². The molecule has 2 aliphatic heterocycles. The van der Waals surface area contributed by atoms with Crippen molar-refractivity contribution in [2.45, 2.75) is 77.0 Å². The quantitative estimate of drug-likeness (QED) is 0.375. The molecule has 0 bridgehead atoms. The highest BCUT2D eigenvalue weighted by molar-refractivity contribution is 9.10. The van der Waals surface area contributed by atoms with Crippen LogP contribution in [0.1, 0.15) is 62.8 Å². The molecule has 2 saturated heterocycles. The van der Waals surface area contributed by atoms with E-state index in [1.165, 1.54) is 18.1 Å². The minimum absolute atomic E-state index is 0.0421. The van der Waals surface area contributed by atoms with Gasteiger partial charge in [0.1, 0.15) is 17.9 Å². The number of nitrogens with one attached hydrogen (secondary N) is 1. The van der Waals surface area contributed by atoms with E-state index < -0.39 is 59.2 Å². The van der Waals surface area contributed by atoms with E-state index in [1.807, 2.05) is 45.0 Å². The summed E-state index contributed by atoms with van der Waals surface area (Å²) >= 11 is 3.59. The summed E-state index contributed by atoms with van der Waals surface area (Å²) in [4.78, 5) is 28.5. The van der Waals surface area contributed by atoms with Gasteiger partial charge in [0, 0.05) is 35.1 Å². The first kappa shape index (κ1) is 31.3. The summed E-state index contributed by atoms with van der Waals surface area (Å²) in [5.41, 5.74) is -0.456. The molecule has 2 fully saturated rings. The third kappa shape index (κ3) is 6.57. The zero-order valence-corrected chi connectivity index (χ0v) is 25.1. The molecule has 0 spiro atoms. The second-order valence-electron chi connectivity index (χ2n) is 11.7. The Morgan fingerprint density at radius 1 is 1.15 bits per heavy atom. The van der Waals surface area contributed by atoms with Gasteiger partial charge in [-0.25, -0.2) is 4.79 Å². The lowest BCUT2D eigenvalue weighted by Gasteiger charge is -2.36. The Balaban J connectivity index is 1.84. The fraction of sp³-hybridized carbons (Fsp3) is 0.533. The summed E-state index contributed by atoms with van der Waals surface area (Å²) in [6.07, 6.45) is -3.20. The molecule has 4 rings (SSSR count). The first-order valence-electron chi connectivity index (χ1n) is 13.6. The van der Waals surface area contributed by atoms with E-state index in [9.17, 15) is 27.9 Å². The van der Waals surface area contributed by atoms with E-state index in [2.05, 4.69) is 21.2 Å². The van der Waals surface area contributed by atoms with E-state index in [4.69, 9.17) is 9.47 Å². The van der Waals surface area contributed by atoms with Gasteiger partial charge in [0.05, 0.1) is 18.7 Å². The van der Waals surface area contributed by atoms with E-state index in [1.54, 1.807) is 0 Å². The largest absolute Gasteiger partial charge is 0.496 e. The molecule has 0 radical (unpaired) electrons. The molecule has 0 unspecified atom stereocenters. The van der Waals surface area contributed by atoms with Crippen molar-refractivity contribution in [1.29, 1.82) is 0 Å². The van der Waals surface area contributed by atoms with Crippen molar-refractivity contribution < 1.29 is 37.3 Å². The summed E-state index contributed by atoms with van der Waals surface area (Å²) in [7, 11) is 1.38. The monoisotopic (exact) mass is 640 g/mol. The van der Waals surface area contributed by atoms with E-state index in [-0.39, 0.29) is 17.9 Å². The third-order valence-corrected chi connectivity index (χ3v) is 8.71. The number of rotatable bonds is 7. The van der Waals surface area contributed by atoms with Crippen LogP contribution in [0.15, 0.2) is 46.9 Å². The number of benzene rings is 2. The van der Waals surface area contributed by atoms with Crippen molar-refractivity contribution in [3.8, 4) is 5.75 Å². The second-order valence-corrected chi connectivity index (χ2v) is 12.5. The van der Waals surface area contributed by atoms with Crippen LogP contribution in [0.2, 0.25) is 0 Å². The van der Waals surface area contributed by atoms with E-state index in [0.717, 1.165) is 25.0 Å². The molecule has 41 heavy (non-hydrogen) atoms. The summed E-state index contributed by atoms with van der Waals surface area (Å²) in [6.45, 7) is 6.11. The van der Waals surface area contributed by atoms with Crippen molar-refractivity contribution in [1.82, 2.24) is 10.2 Å². The van der Waals surface area contributed by atoms with Crippen LogP contribution in [0, 0.1) is 11.3 Å². The molecule has 5 atom stereocenters. The number of ether oxygens (including phenoxy) is 2. The van der Waals surface area contributed by atoms with Crippen molar-refractivity contribution >= 4 is 27.8 Å². The SMILES string of the molecule is COc1ccc(C(F)(F)F)cc1CN[C@H]1[C@H](C(C)(C)C)[C@@H](C(=O)O)N(C(=O)[C@@H]2CCCCO2)[C@H]1c1ccccc1Br. The molecule has 1 amide bonds. The number of nitrogens with zero attached hydrogens (tertiary/aromatic N) is 1. The van der Waals surface area contributed by atoms with Crippen LogP contribution in [-0.2, 0) is 27.0 Å². The Bertz CT molecular complexity index is 1260. The number of hydrogen-bond acceptors (Lipinski definition) is 5. The number of carboxylic acid groups (broad SMARTS) is 1. The number of carbonyl (C=O) groups is 2. The molecule has 0 saturated carbocycles. The fourth-order valence-electron chi connectivity index (χ4n) is 6.19. The number of amides is 1. The number of carbonyl (C=O) groups excluding carboxylic acids is 1. The molecule has 7 nitrogen and oxygen atoms in total. The molecule has 2 N–H and O–H groups in total. The van der Waals surface area contributed by atoms with Gasteiger partial charge in [-0.05, 0) is 54.5 Å². The minimum Gasteiger partial charge on any atom is -0.496 e. The molecular formula is C30H36BrF3N2O5. The number of carboxylic acids is 1. The maximum Gasteiger partial charge on any atom is 0.416 e. The van der Waals surface area contributed by atoms with Crippen LogP contribution in [0.3, 0.4) is 0 Å². The highest BCUT2D eigenvalue weighted by Gasteiger charge is 2.59. The average molecular weight is 642 g/mol. The fourth-order valence-corrected chi connectivity index (χ4v) is 6.71. The van der Waals surface area contributed by atoms with Crippen LogP contribution in [-0.4, -0.2) is 53.8 Å². The highest BCUT2D eigenvalue weighted by Crippen LogP contribution is 2.50. The zero-order valence-electron chi connectivity index (χ0n) is 23.5. The molecule has 2 heterocycles. The molecule has 2 aromatic rings. The van der Waals surface area contributed by atoms with Crippen molar-refractivity contribution in [3.05, 3.63) is 63.6 Å². The number of aliphatic carboxylic acids is 1. The van der Waals surface area contributed by atoms with Gasteiger partial charge in [0.15, 0.2) is 0 Å². The first-order valence-corrected chi connectivity index (χ1v) is 14.4.